The molecular formula is C13H17NO3. The van der Waals surface area contributed by atoms with Crippen molar-refractivity contribution < 1.29 is 14.3 Å². The van der Waals surface area contributed by atoms with Crippen molar-refractivity contribution in [3.8, 4) is 0 Å². The van der Waals surface area contributed by atoms with E-state index in [0.29, 0.717) is 12.2 Å². The van der Waals surface area contributed by atoms with E-state index >= 15 is 0 Å². The van der Waals surface area contributed by atoms with E-state index in [0.717, 1.165) is 12.0 Å². The van der Waals surface area contributed by atoms with Crippen LogP contribution < -0.4 is 5.32 Å². The van der Waals surface area contributed by atoms with Gasteiger partial charge in [0.05, 0.1) is 6.61 Å². The van der Waals surface area contributed by atoms with Crippen LogP contribution in [0.25, 0.3) is 0 Å². The van der Waals surface area contributed by atoms with Crippen molar-refractivity contribution >= 4 is 11.9 Å². The largest absolute Gasteiger partial charge is 0.464 e. The first-order valence-electron chi connectivity index (χ1n) is 5.64. The van der Waals surface area contributed by atoms with Crippen LogP contribution in [0.5, 0.6) is 0 Å². The Morgan fingerprint density at radius 1 is 1.35 bits per heavy atom. The fourth-order valence-electron chi connectivity index (χ4n) is 1.31. The topological polar surface area (TPSA) is 55.4 Å². The van der Waals surface area contributed by atoms with E-state index in [1.165, 1.54) is 0 Å². The first kappa shape index (κ1) is 13.2. The molecule has 0 saturated carbocycles. The van der Waals surface area contributed by atoms with E-state index in [4.69, 9.17) is 4.74 Å². The SMILES string of the molecule is CCCOC(=O)CNC(=O)c1cccc(C)c1. The monoisotopic (exact) mass is 235 g/mol. The molecule has 92 valence electrons. The summed E-state index contributed by atoms with van der Waals surface area (Å²) in [6.07, 6.45) is 0.775. The number of hydrogen-bond acceptors (Lipinski definition) is 3. The minimum absolute atomic E-state index is 0.0905. The Labute approximate surface area is 101 Å². The van der Waals surface area contributed by atoms with Gasteiger partial charge in [-0.25, -0.2) is 0 Å². The fourth-order valence-corrected chi connectivity index (χ4v) is 1.31. The van der Waals surface area contributed by atoms with Gasteiger partial charge in [0.2, 0.25) is 0 Å². The molecule has 0 spiro atoms. The lowest BCUT2D eigenvalue weighted by Gasteiger charge is -2.06. The first-order valence-corrected chi connectivity index (χ1v) is 5.64. The predicted molar refractivity (Wildman–Crippen MR) is 64.8 cm³/mol. The maximum absolute atomic E-state index is 11.7. The van der Waals surface area contributed by atoms with E-state index in [-0.39, 0.29) is 12.5 Å². The Bertz CT molecular complexity index is 401. The van der Waals surface area contributed by atoms with Gasteiger partial charge >= 0.3 is 5.97 Å². The molecular weight excluding hydrogens is 218 g/mol. The number of hydrogen-bond donors (Lipinski definition) is 1. The zero-order valence-corrected chi connectivity index (χ0v) is 10.2. The highest BCUT2D eigenvalue weighted by Crippen LogP contribution is 2.03. The van der Waals surface area contributed by atoms with E-state index < -0.39 is 5.97 Å². The molecule has 0 atom stereocenters. The number of aryl methyl sites for hydroxylation is 1. The number of carbonyl (C=O) groups excluding carboxylic acids is 2. The van der Waals surface area contributed by atoms with E-state index in [2.05, 4.69) is 5.32 Å². The summed E-state index contributed by atoms with van der Waals surface area (Å²) >= 11 is 0. The smallest absolute Gasteiger partial charge is 0.325 e. The predicted octanol–water partition coefficient (Wildman–Crippen LogP) is 1.68. The zero-order chi connectivity index (χ0) is 12.7. The molecule has 0 bridgehead atoms. The number of benzene rings is 1. The standard InChI is InChI=1S/C13H17NO3/c1-3-7-17-12(15)9-14-13(16)11-6-4-5-10(2)8-11/h4-6,8H,3,7,9H2,1-2H3,(H,14,16). The summed E-state index contributed by atoms with van der Waals surface area (Å²) in [5.74, 6) is -0.671. The van der Waals surface area contributed by atoms with Gasteiger partial charge in [-0.15, -0.1) is 0 Å². The zero-order valence-electron chi connectivity index (χ0n) is 10.2. The number of rotatable bonds is 5. The van der Waals surface area contributed by atoms with E-state index in [1.807, 2.05) is 19.9 Å². The summed E-state index contributed by atoms with van der Waals surface area (Å²) in [6, 6.07) is 7.19. The second-order valence-corrected chi connectivity index (χ2v) is 3.77. The van der Waals surface area contributed by atoms with Crippen molar-refractivity contribution in [3.05, 3.63) is 35.4 Å². The van der Waals surface area contributed by atoms with Crippen LogP contribution in [0.1, 0.15) is 29.3 Å². The maximum atomic E-state index is 11.7. The molecule has 0 fully saturated rings. The highest BCUT2D eigenvalue weighted by atomic mass is 16.5. The van der Waals surface area contributed by atoms with Crippen LogP contribution in [0.3, 0.4) is 0 Å². The minimum atomic E-state index is -0.409. The molecule has 0 radical (unpaired) electrons. The van der Waals surface area contributed by atoms with Crippen LogP contribution in [0, 0.1) is 6.92 Å². The van der Waals surface area contributed by atoms with Gasteiger partial charge in [-0.2, -0.15) is 0 Å². The summed E-state index contributed by atoms with van der Waals surface area (Å²) in [6.45, 7) is 4.12. The van der Waals surface area contributed by atoms with Crippen LogP contribution >= 0.6 is 0 Å². The Morgan fingerprint density at radius 2 is 2.12 bits per heavy atom. The maximum Gasteiger partial charge on any atom is 0.325 e. The molecule has 0 aliphatic carbocycles. The van der Waals surface area contributed by atoms with E-state index in [1.54, 1.807) is 18.2 Å². The summed E-state index contributed by atoms with van der Waals surface area (Å²) in [4.78, 5) is 22.8. The van der Waals surface area contributed by atoms with Crippen molar-refractivity contribution in [2.45, 2.75) is 20.3 Å². The third-order valence-electron chi connectivity index (χ3n) is 2.14. The Morgan fingerprint density at radius 3 is 2.76 bits per heavy atom. The summed E-state index contributed by atoms with van der Waals surface area (Å²) in [5.41, 5.74) is 1.56. The Kier molecular flexibility index (Phi) is 5.20. The normalized spacial score (nSPS) is 9.76. The van der Waals surface area contributed by atoms with Crippen molar-refractivity contribution in [1.82, 2.24) is 5.32 Å². The van der Waals surface area contributed by atoms with Crippen molar-refractivity contribution in [2.24, 2.45) is 0 Å². The van der Waals surface area contributed by atoms with Gasteiger partial charge in [0, 0.05) is 5.56 Å². The number of carbonyl (C=O) groups is 2. The van der Waals surface area contributed by atoms with Gasteiger partial charge < -0.3 is 10.1 Å². The van der Waals surface area contributed by atoms with Crippen molar-refractivity contribution in [1.29, 1.82) is 0 Å². The highest BCUT2D eigenvalue weighted by Gasteiger charge is 2.08. The Balaban J connectivity index is 2.42. The average Bonchev–Trinajstić information content (AvgIpc) is 2.33. The number of ether oxygens (including phenoxy) is 1. The second-order valence-electron chi connectivity index (χ2n) is 3.77. The molecule has 0 aliphatic rings. The molecule has 0 unspecified atom stereocenters. The number of esters is 1. The van der Waals surface area contributed by atoms with Gasteiger partial charge in [-0.05, 0) is 25.5 Å². The molecule has 1 aromatic carbocycles. The molecule has 1 amide bonds. The summed E-state index contributed by atoms with van der Waals surface area (Å²) in [7, 11) is 0. The fraction of sp³-hybridized carbons (Fsp3) is 0.385. The third-order valence-corrected chi connectivity index (χ3v) is 2.14. The molecule has 0 aliphatic heterocycles. The lowest BCUT2D eigenvalue weighted by atomic mass is 10.1. The molecule has 0 heterocycles. The highest BCUT2D eigenvalue weighted by molar-refractivity contribution is 5.96. The lowest BCUT2D eigenvalue weighted by molar-refractivity contribution is -0.142. The number of amides is 1. The second kappa shape index (κ2) is 6.68. The average molecular weight is 235 g/mol. The van der Waals surface area contributed by atoms with E-state index in [9.17, 15) is 9.59 Å². The summed E-state index contributed by atoms with van der Waals surface area (Å²) < 4.78 is 4.85. The first-order chi connectivity index (χ1) is 8.13. The van der Waals surface area contributed by atoms with Gasteiger partial charge in [-0.3, -0.25) is 9.59 Å². The molecule has 4 nitrogen and oxygen atoms in total. The van der Waals surface area contributed by atoms with Gasteiger partial charge in [-0.1, -0.05) is 24.6 Å². The van der Waals surface area contributed by atoms with Crippen LogP contribution in [-0.4, -0.2) is 25.0 Å². The van der Waals surface area contributed by atoms with Crippen molar-refractivity contribution in [2.75, 3.05) is 13.2 Å². The van der Waals surface area contributed by atoms with Gasteiger partial charge in [0.15, 0.2) is 0 Å². The lowest BCUT2D eigenvalue weighted by Crippen LogP contribution is -2.30. The molecule has 0 saturated heterocycles. The molecule has 4 heteroatoms. The Hall–Kier alpha value is -1.84. The van der Waals surface area contributed by atoms with Crippen molar-refractivity contribution in [3.63, 3.8) is 0 Å². The molecule has 1 rings (SSSR count). The molecule has 17 heavy (non-hydrogen) atoms. The third kappa shape index (κ3) is 4.68. The van der Waals surface area contributed by atoms with Crippen LogP contribution in [-0.2, 0) is 9.53 Å². The quantitative estimate of drug-likeness (QED) is 0.790. The van der Waals surface area contributed by atoms with Crippen LogP contribution in [0.2, 0.25) is 0 Å². The van der Waals surface area contributed by atoms with Gasteiger partial charge in [0.25, 0.3) is 5.91 Å². The minimum Gasteiger partial charge on any atom is -0.464 e. The summed E-state index contributed by atoms with van der Waals surface area (Å²) in [5, 5.41) is 2.52. The molecule has 0 aromatic heterocycles. The molecule has 1 aromatic rings. The van der Waals surface area contributed by atoms with Gasteiger partial charge in [0.1, 0.15) is 6.54 Å². The molecule has 1 N–H and O–H groups in total. The van der Waals surface area contributed by atoms with Crippen LogP contribution in [0.15, 0.2) is 24.3 Å². The van der Waals surface area contributed by atoms with Crippen LogP contribution in [0.4, 0.5) is 0 Å². The number of nitrogens with one attached hydrogen (secondary N) is 1.